The molecule has 1 atom stereocenters. The predicted octanol–water partition coefficient (Wildman–Crippen LogP) is 1.13. The molecule has 0 spiro atoms. The summed E-state index contributed by atoms with van der Waals surface area (Å²) in [6, 6.07) is 4.98. The average Bonchev–Trinajstić information content (AvgIpc) is 1.91. The van der Waals surface area contributed by atoms with Crippen molar-refractivity contribution in [2.24, 2.45) is 0 Å². The van der Waals surface area contributed by atoms with Crippen LogP contribution < -0.4 is 5.32 Å². The van der Waals surface area contributed by atoms with Gasteiger partial charge < -0.3 is 15.5 Å². The second kappa shape index (κ2) is 2.68. The standard InChI is InChI=1S/C9H11NO2/c11-6-1-2-7(9(12)5-6)8-3-4-10-8/h1-2,5,8,10-12H,3-4H2/t8-/m1/s1. The number of phenols is 2. The number of phenolic OH excluding ortho intramolecular Hbond substituents is 2. The van der Waals surface area contributed by atoms with Gasteiger partial charge in [-0.15, -0.1) is 0 Å². The van der Waals surface area contributed by atoms with E-state index in [0.717, 1.165) is 18.5 Å². The zero-order valence-corrected chi connectivity index (χ0v) is 6.62. The normalized spacial score (nSPS) is 21.8. The first kappa shape index (κ1) is 7.43. The fraction of sp³-hybridized carbons (Fsp3) is 0.333. The summed E-state index contributed by atoms with van der Waals surface area (Å²) in [4.78, 5) is 0. The van der Waals surface area contributed by atoms with Crippen LogP contribution in [0.5, 0.6) is 11.5 Å². The summed E-state index contributed by atoms with van der Waals surface area (Å²) in [6.45, 7) is 1.00. The van der Waals surface area contributed by atoms with Crippen molar-refractivity contribution in [2.75, 3.05) is 6.54 Å². The maximum absolute atomic E-state index is 9.43. The molecular weight excluding hydrogens is 154 g/mol. The van der Waals surface area contributed by atoms with Gasteiger partial charge in [-0.25, -0.2) is 0 Å². The Labute approximate surface area is 70.7 Å². The maximum Gasteiger partial charge on any atom is 0.124 e. The summed E-state index contributed by atoms with van der Waals surface area (Å²) >= 11 is 0. The van der Waals surface area contributed by atoms with Crippen molar-refractivity contribution in [3.05, 3.63) is 23.8 Å². The van der Waals surface area contributed by atoms with E-state index in [2.05, 4.69) is 5.32 Å². The minimum absolute atomic E-state index is 0.107. The third-order valence-corrected chi connectivity index (χ3v) is 2.21. The molecule has 0 amide bonds. The molecule has 0 aromatic heterocycles. The first-order valence-corrected chi connectivity index (χ1v) is 4.02. The molecule has 1 fully saturated rings. The molecule has 3 N–H and O–H groups in total. The average molecular weight is 165 g/mol. The van der Waals surface area contributed by atoms with Gasteiger partial charge in [0.2, 0.25) is 0 Å². The van der Waals surface area contributed by atoms with Crippen LogP contribution in [0.3, 0.4) is 0 Å². The van der Waals surface area contributed by atoms with Gasteiger partial charge in [-0.2, -0.15) is 0 Å². The SMILES string of the molecule is Oc1ccc([C@H]2CCN2)c(O)c1. The zero-order chi connectivity index (χ0) is 8.55. The molecule has 0 aliphatic carbocycles. The topological polar surface area (TPSA) is 52.5 Å². The van der Waals surface area contributed by atoms with Crippen LogP contribution in [0.15, 0.2) is 18.2 Å². The van der Waals surface area contributed by atoms with Crippen molar-refractivity contribution in [2.45, 2.75) is 12.5 Å². The highest BCUT2D eigenvalue weighted by molar-refractivity contribution is 5.41. The van der Waals surface area contributed by atoms with Gasteiger partial charge in [0, 0.05) is 17.7 Å². The van der Waals surface area contributed by atoms with Crippen molar-refractivity contribution in [1.29, 1.82) is 0 Å². The lowest BCUT2D eigenvalue weighted by molar-refractivity contribution is 0.362. The second-order valence-corrected chi connectivity index (χ2v) is 3.04. The Bertz CT molecular complexity index is 295. The summed E-state index contributed by atoms with van der Waals surface area (Å²) in [6.07, 6.45) is 1.05. The van der Waals surface area contributed by atoms with E-state index >= 15 is 0 Å². The van der Waals surface area contributed by atoms with E-state index in [1.54, 1.807) is 12.1 Å². The smallest absolute Gasteiger partial charge is 0.124 e. The number of nitrogens with one attached hydrogen (secondary N) is 1. The zero-order valence-electron chi connectivity index (χ0n) is 6.62. The number of benzene rings is 1. The van der Waals surface area contributed by atoms with Crippen LogP contribution in [0.25, 0.3) is 0 Å². The Kier molecular flexibility index (Phi) is 1.66. The van der Waals surface area contributed by atoms with Gasteiger partial charge in [0.15, 0.2) is 0 Å². The summed E-state index contributed by atoms with van der Waals surface area (Å²) < 4.78 is 0. The lowest BCUT2D eigenvalue weighted by Crippen LogP contribution is -2.34. The van der Waals surface area contributed by atoms with Crippen molar-refractivity contribution in [3.8, 4) is 11.5 Å². The highest BCUT2D eigenvalue weighted by Gasteiger charge is 2.21. The van der Waals surface area contributed by atoms with Gasteiger partial charge in [-0.05, 0) is 19.0 Å². The fourth-order valence-corrected chi connectivity index (χ4v) is 1.38. The van der Waals surface area contributed by atoms with Crippen LogP contribution in [0.4, 0.5) is 0 Å². The molecule has 1 aliphatic heterocycles. The Morgan fingerprint density at radius 2 is 2.08 bits per heavy atom. The Morgan fingerprint density at radius 1 is 1.33 bits per heavy atom. The molecule has 64 valence electrons. The molecule has 3 heteroatoms. The quantitative estimate of drug-likeness (QED) is 0.584. The fourth-order valence-electron chi connectivity index (χ4n) is 1.38. The van der Waals surface area contributed by atoms with Gasteiger partial charge >= 0.3 is 0 Å². The largest absolute Gasteiger partial charge is 0.508 e. The Balaban J connectivity index is 2.31. The third kappa shape index (κ3) is 1.12. The minimum atomic E-state index is 0.107. The molecule has 1 heterocycles. The summed E-state index contributed by atoms with van der Waals surface area (Å²) in [5.74, 6) is 0.280. The highest BCUT2D eigenvalue weighted by Crippen LogP contribution is 2.32. The van der Waals surface area contributed by atoms with E-state index in [1.165, 1.54) is 6.07 Å². The number of hydrogen-bond acceptors (Lipinski definition) is 3. The summed E-state index contributed by atoms with van der Waals surface area (Å²) in [7, 11) is 0. The van der Waals surface area contributed by atoms with Gasteiger partial charge in [0.05, 0.1) is 0 Å². The molecule has 0 bridgehead atoms. The first-order valence-electron chi connectivity index (χ1n) is 4.02. The Morgan fingerprint density at radius 3 is 2.58 bits per heavy atom. The molecule has 12 heavy (non-hydrogen) atoms. The summed E-state index contributed by atoms with van der Waals surface area (Å²) in [5, 5.41) is 21.6. The van der Waals surface area contributed by atoms with E-state index in [0.29, 0.717) is 0 Å². The van der Waals surface area contributed by atoms with Crippen molar-refractivity contribution < 1.29 is 10.2 Å². The van der Waals surface area contributed by atoms with Crippen LogP contribution in [0, 0.1) is 0 Å². The summed E-state index contributed by atoms with van der Waals surface area (Å²) in [5.41, 5.74) is 0.874. The lowest BCUT2D eigenvalue weighted by atomic mass is 9.97. The molecular formula is C9H11NO2. The monoisotopic (exact) mass is 165 g/mol. The van der Waals surface area contributed by atoms with E-state index < -0.39 is 0 Å². The lowest BCUT2D eigenvalue weighted by Gasteiger charge is -2.28. The van der Waals surface area contributed by atoms with E-state index in [9.17, 15) is 5.11 Å². The molecule has 2 rings (SSSR count). The number of aromatic hydroxyl groups is 2. The molecule has 1 aromatic carbocycles. The van der Waals surface area contributed by atoms with Crippen molar-refractivity contribution in [1.82, 2.24) is 5.32 Å². The maximum atomic E-state index is 9.43. The molecule has 1 aromatic rings. The second-order valence-electron chi connectivity index (χ2n) is 3.04. The number of rotatable bonds is 1. The van der Waals surface area contributed by atoms with Crippen LogP contribution in [-0.4, -0.2) is 16.8 Å². The minimum Gasteiger partial charge on any atom is -0.508 e. The van der Waals surface area contributed by atoms with Gasteiger partial charge in [0.1, 0.15) is 11.5 Å². The first-order chi connectivity index (χ1) is 5.77. The number of hydrogen-bond donors (Lipinski definition) is 3. The highest BCUT2D eigenvalue weighted by atomic mass is 16.3. The van der Waals surface area contributed by atoms with Crippen LogP contribution >= 0.6 is 0 Å². The predicted molar refractivity (Wildman–Crippen MR) is 45.1 cm³/mol. The van der Waals surface area contributed by atoms with Gasteiger partial charge in [-0.3, -0.25) is 0 Å². The van der Waals surface area contributed by atoms with Gasteiger partial charge in [-0.1, -0.05) is 6.07 Å². The van der Waals surface area contributed by atoms with Crippen molar-refractivity contribution >= 4 is 0 Å². The van der Waals surface area contributed by atoms with Crippen LogP contribution in [0.2, 0.25) is 0 Å². The van der Waals surface area contributed by atoms with Crippen LogP contribution in [-0.2, 0) is 0 Å². The molecule has 1 aliphatic rings. The molecule has 1 saturated heterocycles. The van der Waals surface area contributed by atoms with Gasteiger partial charge in [0.25, 0.3) is 0 Å². The van der Waals surface area contributed by atoms with Crippen LogP contribution in [0.1, 0.15) is 18.0 Å². The molecule has 3 nitrogen and oxygen atoms in total. The van der Waals surface area contributed by atoms with E-state index in [-0.39, 0.29) is 17.5 Å². The molecule has 0 saturated carbocycles. The Hall–Kier alpha value is -1.22. The van der Waals surface area contributed by atoms with E-state index in [1.807, 2.05) is 0 Å². The molecule has 0 radical (unpaired) electrons. The van der Waals surface area contributed by atoms with Crippen molar-refractivity contribution in [3.63, 3.8) is 0 Å². The molecule has 0 unspecified atom stereocenters. The van der Waals surface area contributed by atoms with E-state index in [4.69, 9.17) is 5.11 Å². The third-order valence-electron chi connectivity index (χ3n) is 2.21.